The fourth-order valence-corrected chi connectivity index (χ4v) is 13.0. The first-order valence-corrected chi connectivity index (χ1v) is 34.1. The summed E-state index contributed by atoms with van der Waals surface area (Å²) >= 11 is 0. The summed E-state index contributed by atoms with van der Waals surface area (Å²) in [6, 6.07) is 26.4. The second kappa shape index (κ2) is 34.4. The molecule has 4 fully saturated rings. The number of ether oxygens (including phenoxy) is 24. The van der Waals surface area contributed by atoms with Crippen molar-refractivity contribution in [2.75, 3.05) is 110 Å². The smallest absolute Gasteiger partial charge is 0.339 e. The number of carbonyl (C=O) groups is 4. The van der Waals surface area contributed by atoms with E-state index in [-0.39, 0.29) is 144 Å². The molecule has 6 aromatic carbocycles. The minimum Gasteiger partial charge on any atom is -0.493 e. The van der Waals surface area contributed by atoms with Gasteiger partial charge in [0.15, 0.2) is 94.6 Å². The second-order valence-electron chi connectivity index (χ2n) is 23.8. The maximum atomic E-state index is 16.2. The van der Waals surface area contributed by atoms with Crippen molar-refractivity contribution in [3.05, 3.63) is 130 Å². The van der Waals surface area contributed by atoms with Crippen LogP contribution in [-0.2, 0) is 68.4 Å². The van der Waals surface area contributed by atoms with Gasteiger partial charge in [-0.05, 0) is 91.8 Å². The summed E-state index contributed by atoms with van der Waals surface area (Å²) in [5.74, 6) is -6.85. The molecule has 10 rings (SSSR count). The zero-order valence-corrected chi connectivity index (χ0v) is 61.1. The molecule has 4 aliphatic heterocycles. The number of carbonyl (C=O) groups excluding carboxylic acids is 4. The Bertz CT molecular complexity index is 3660. The van der Waals surface area contributed by atoms with Gasteiger partial charge < -0.3 is 114 Å². The molecule has 0 aromatic heterocycles. The van der Waals surface area contributed by atoms with E-state index in [1.807, 2.05) is 12.1 Å². The molecule has 0 spiro atoms. The highest BCUT2D eigenvalue weighted by Gasteiger charge is 2.59. The first-order chi connectivity index (χ1) is 50.3. The normalized spacial score (nSPS) is 24.0. The van der Waals surface area contributed by atoms with Crippen molar-refractivity contribution in [3.8, 4) is 80.1 Å². The molecule has 562 valence electrons. The van der Waals surface area contributed by atoms with Crippen molar-refractivity contribution in [2.24, 2.45) is 0 Å². The lowest BCUT2D eigenvalue weighted by atomic mass is 9.91. The monoisotopic (exact) mass is 1450 g/mol. The lowest BCUT2D eigenvalue weighted by molar-refractivity contribution is -0.388. The standard InChI is InChI=1S/C76H90O28/c1-17-89-49-33-41(34-50(90-18-2)57(49)93-21-5)69(77)99-65-61-53(39-95-75(7,103-61)43-29-25-23-26-30-43)97-73(87-15)67(65)101-71(79)45-37-47(81-9)59(83-11)63(85-13)55(45)56-46(38-48(82-10)60(84-12)64(56)86-14)72(80)102-68-66(100-70(78)42-35-51(91-19-3)58(94-22-6)52(36-42)92-20-4)62-54(98-74(68)88-16)40-96-76(8,104-62)44-31-27-24-28-32-44/h23-38,53-54,61-62,65-68,73-74H,17-22,39-40H2,1-16H3/t53-,54-,61-,62-,65+,66?,67-,68?,73+,74?,75?,76?/m1/s1. The van der Waals surface area contributed by atoms with E-state index >= 15 is 19.2 Å². The van der Waals surface area contributed by atoms with Crippen LogP contribution < -0.4 is 56.8 Å². The zero-order valence-electron chi connectivity index (χ0n) is 61.1. The number of benzene rings is 6. The molecule has 0 bridgehead atoms. The third-order valence-electron chi connectivity index (χ3n) is 17.6. The van der Waals surface area contributed by atoms with Gasteiger partial charge in [-0.2, -0.15) is 0 Å². The minimum absolute atomic E-state index is 0.0427. The summed E-state index contributed by atoms with van der Waals surface area (Å²) in [7, 11) is 10.5. The van der Waals surface area contributed by atoms with Crippen LogP contribution in [0, 0.1) is 0 Å². The average molecular weight is 1450 g/mol. The average Bonchev–Trinajstić information content (AvgIpc) is 0.753. The molecule has 12 atom stereocenters. The Labute approximate surface area is 603 Å². The number of esters is 4. The van der Waals surface area contributed by atoms with Crippen molar-refractivity contribution in [3.63, 3.8) is 0 Å². The Kier molecular flexibility index (Phi) is 25.5. The lowest BCUT2D eigenvalue weighted by Gasteiger charge is -2.50. The first kappa shape index (κ1) is 77.1. The largest absolute Gasteiger partial charge is 0.493 e. The molecule has 0 saturated carbocycles. The first-order valence-electron chi connectivity index (χ1n) is 34.1. The van der Waals surface area contributed by atoms with Gasteiger partial charge in [-0.1, -0.05) is 60.7 Å². The van der Waals surface area contributed by atoms with Gasteiger partial charge in [0.1, 0.15) is 24.4 Å². The number of hydrogen-bond acceptors (Lipinski definition) is 28. The van der Waals surface area contributed by atoms with Gasteiger partial charge in [-0.15, -0.1) is 0 Å². The Hall–Kier alpha value is -9.52. The maximum Gasteiger partial charge on any atom is 0.339 e. The van der Waals surface area contributed by atoms with Crippen molar-refractivity contribution in [1.82, 2.24) is 0 Å². The van der Waals surface area contributed by atoms with Gasteiger partial charge in [0.25, 0.3) is 0 Å². The van der Waals surface area contributed by atoms with E-state index < -0.39 is 108 Å². The third kappa shape index (κ3) is 15.6. The van der Waals surface area contributed by atoms with E-state index in [4.69, 9.17) is 114 Å². The van der Waals surface area contributed by atoms with Gasteiger partial charge >= 0.3 is 23.9 Å². The van der Waals surface area contributed by atoms with Crippen LogP contribution in [-0.4, -0.2) is 195 Å². The van der Waals surface area contributed by atoms with E-state index in [0.717, 1.165) is 0 Å². The van der Waals surface area contributed by atoms with E-state index in [2.05, 4.69) is 0 Å². The topological polar surface area (TPSA) is 290 Å². The molecule has 28 nitrogen and oxygen atoms in total. The molecule has 28 heteroatoms. The molecule has 0 aliphatic carbocycles. The van der Waals surface area contributed by atoms with Gasteiger partial charge in [0, 0.05) is 36.5 Å². The quantitative estimate of drug-likeness (QED) is 0.0289. The molecule has 104 heavy (non-hydrogen) atoms. The molecule has 6 aromatic rings. The SMILES string of the molecule is CCOc1cc(C(=O)OC2C(OC(=O)c3cc(OC)c(OC)c(OC)c3-c3c(C(=O)O[C@H]4[C@@H](OC)O[C@@H]5COC(C)(c6ccccc6)O[C@H]5[C@@H]4OC(=O)c4cc(OCC)c(OCC)c(OCC)c4)cc(OC)c(OC)c3OC)C(OC)O[C@@H]3COC(C)(c4ccccc4)O[C@@H]23)cc(OCC)c1OCC. The summed E-state index contributed by atoms with van der Waals surface area (Å²) in [6.45, 7) is 15.0. The highest BCUT2D eigenvalue weighted by Crippen LogP contribution is 2.56. The van der Waals surface area contributed by atoms with Crippen molar-refractivity contribution < 1.29 is 133 Å². The van der Waals surface area contributed by atoms with Crippen LogP contribution in [0.25, 0.3) is 11.1 Å². The van der Waals surface area contributed by atoms with Crippen molar-refractivity contribution in [1.29, 1.82) is 0 Å². The number of fused-ring (bicyclic) bond motifs is 2. The van der Waals surface area contributed by atoms with Crippen molar-refractivity contribution in [2.45, 2.75) is 128 Å². The Morgan fingerprint density at radius 1 is 0.375 bits per heavy atom. The van der Waals surface area contributed by atoms with Gasteiger partial charge in [0.05, 0.1) is 118 Å². The molecular weight excluding hydrogens is 1360 g/mol. The van der Waals surface area contributed by atoms with Crippen LogP contribution in [0.2, 0.25) is 0 Å². The Morgan fingerprint density at radius 3 is 0.981 bits per heavy atom. The Morgan fingerprint density at radius 2 is 0.692 bits per heavy atom. The van der Waals surface area contributed by atoms with Crippen molar-refractivity contribution >= 4 is 23.9 Å². The number of rotatable bonds is 31. The highest BCUT2D eigenvalue weighted by atomic mass is 16.8. The fourth-order valence-electron chi connectivity index (χ4n) is 13.0. The fraction of sp³-hybridized carbons (Fsp3) is 0.474. The zero-order chi connectivity index (χ0) is 74.6. The Balaban J connectivity index is 1.13. The lowest BCUT2D eigenvalue weighted by Crippen LogP contribution is -2.66. The van der Waals surface area contributed by atoms with Gasteiger partial charge in [-0.3, -0.25) is 0 Å². The molecule has 4 aliphatic rings. The van der Waals surface area contributed by atoms with Gasteiger partial charge in [0.2, 0.25) is 23.0 Å². The molecular formula is C76H90O28. The molecule has 4 heterocycles. The molecule has 0 amide bonds. The van der Waals surface area contributed by atoms with Crippen LogP contribution in [0.4, 0.5) is 0 Å². The van der Waals surface area contributed by atoms with E-state index in [1.54, 1.807) is 104 Å². The van der Waals surface area contributed by atoms with Crippen LogP contribution in [0.15, 0.2) is 97.1 Å². The maximum absolute atomic E-state index is 16.2. The summed E-state index contributed by atoms with van der Waals surface area (Å²) in [5, 5.41) is 0. The number of hydrogen-bond donors (Lipinski definition) is 0. The molecule has 4 saturated heterocycles. The summed E-state index contributed by atoms with van der Waals surface area (Å²) in [5.41, 5.74) is -0.248. The van der Waals surface area contributed by atoms with E-state index in [9.17, 15) is 0 Å². The van der Waals surface area contributed by atoms with Crippen LogP contribution in [0.3, 0.4) is 0 Å². The van der Waals surface area contributed by atoms with Crippen LogP contribution in [0.5, 0.6) is 69.0 Å². The summed E-state index contributed by atoms with van der Waals surface area (Å²) in [4.78, 5) is 62.8. The molecule has 0 N–H and O–H groups in total. The van der Waals surface area contributed by atoms with Crippen LogP contribution in [0.1, 0.15) is 108 Å². The predicted molar refractivity (Wildman–Crippen MR) is 368 cm³/mol. The second-order valence-corrected chi connectivity index (χ2v) is 23.8. The molecule has 5 unspecified atom stereocenters. The van der Waals surface area contributed by atoms with Gasteiger partial charge in [-0.25, -0.2) is 19.2 Å². The number of methoxy groups -OCH3 is 8. The minimum atomic E-state index is -1.73. The molecule has 0 radical (unpaired) electrons. The third-order valence-corrected chi connectivity index (χ3v) is 17.6. The highest BCUT2D eigenvalue weighted by molar-refractivity contribution is 6.09. The van der Waals surface area contributed by atoms with E-state index in [1.165, 1.54) is 93.3 Å². The van der Waals surface area contributed by atoms with Crippen LogP contribution >= 0.6 is 0 Å². The summed E-state index contributed by atoms with van der Waals surface area (Å²) in [6.07, 6.45) is -14.3. The summed E-state index contributed by atoms with van der Waals surface area (Å²) < 4.78 is 150. The predicted octanol–water partition coefficient (Wildman–Crippen LogP) is 10.6. The van der Waals surface area contributed by atoms with E-state index in [0.29, 0.717) is 11.1 Å².